The van der Waals surface area contributed by atoms with E-state index < -0.39 is 28.5 Å². The lowest BCUT2D eigenvalue weighted by atomic mass is 10.0. The standard InChI is InChI=1S/C37H43N3O5S/c1-5-29(4)38-37(42)35(25-30-13-9-7-10-14-30)39(26-31-15-11-8-12-16-31)36(41)27-40(32-19-17-28(3)18-20-32)46(43,44)34-23-21-33(22-24-34)45-6-2/h7-24,29,35H,5-6,25-27H2,1-4H3,(H,38,42)/t29-,35+/m1/s1. The molecule has 0 unspecified atom stereocenters. The van der Waals surface area contributed by atoms with Gasteiger partial charge in [-0.2, -0.15) is 0 Å². The highest BCUT2D eigenvalue weighted by atomic mass is 32.2. The molecule has 0 saturated heterocycles. The Bertz CT molecular complexity index is 1660. The van der Waals surface area contributed by atoms with E-state index in [2.05, 4.69) is 5.32 Å². The number of hydrogen-bond acceptors (Lipinski definition) is 5. The fourth-order valence-corrected chi connectivity index (χ4v) is 6.43. The average Bonchev–Trinajstić information content (AvgIpc) is 3.06. The zero-order chi connectivity index (χ0) is 33.1. The molecule has 0 saturated carbocycles. The van der Waals surface area contributed by atoms with Crippen LogP contribution in [0.2, 0.25) is 0 Å². The van der Waals surface area contributed by atoms with E-state index in [0.717, 1.165) is 27.4 Å². The quantitative estimate of drug-likeness (QED) is 0.168. The van der Waals surface area contributed by atoms with Gasteiger partial charge >= 0.3 is 0 Å². The summed E-state index contributed by atoms with van der Waals surface area (Å²) in [5.74, 6) is -0.248. The summed E-state index contributed by atoms with van der Waals surface area (Å²) >= 11 is 0. The molecule has 0 aliphatic heterocycles. The smallest absolute Gasteiger partial charge is 0.264 e. The predicted molar refractivity (Wildman–Crippen MR) is 182 cm³/mol. The second-order valence-corrected chi connectivity index (χ2v) is 13.1. The number of carbonyl (C=O) groups is 2. The first-order valence-corrected chi connectivity index (χ1v) is 17.1. The van der Waals surface area contributed by atoms with Crippen LogP contribution in [0.3, 0.4) is 0 Å². The summed E-state index contributed by atoms with van der Waals surface area (Å²) in [6.45, 7) is 7.72. The van der Waals surface area contributed by atoms with E-state index in [4.69, 9.17) is 4.74 Å². The van der Waals surface area contributed by atoms with Crippen LogP contribution in [0.5, 0.6) is 5.75 Å². The van der Waals surface area contributed by atoms with Crippen molar-refractivity contribution in [2.75, 3.05) is 17.5 Å². The molecule has 9 heteroatoms. The monoisotopic (exact) mass is 641 g/mol. The van der Waals surface area contributed by atoms with Gasteiger partial charge in [0.05, 0.1) is 17.2 Å². The number of amides is 2. The topological polar surface area (TPSA) is 96.0 Å². The minimum Gasteiger partial charge on any atom is -0.494 e. The summed E-state index contributed by atoms with van der Waals surface area (Å²) in [7, 11) is -4.20. The molecule has 2 amide bonds. The van der Waals surface area contributed by atoms with Crippen molar-refractivity contribution in [2.24, 2.45) is 0 Å². The number of benzene rings is 4. The van der Waals surface area contributed by atoms with E-state index in [-0.39, 0.29) is 29.8 Å². The second kappa shape index (κ2) is 16.1. The molecule has 1 N–H and O–H groups in total. The molecule has 0 aliphatic rings. The number of rotatable bonds is 15. The number of sulfonamides is 1. The maximum Gasteiger partial charge on any atom is 0.264 e. The predicted octanol–water partition coefficient (Wildman–Crippen LogP) is 6.14. The van der Waals surface area contributed by atoms with E-state index in [1.54, 1.807) is 36.4 Å². The van der Waals surface area contributed by atoms with Gasteiger partial charge in [-0.3, -0.25) is 13.9 Å². The van der Waals surface area contributed by atoms with Crippen LogP contribution >= 0.6 is 0 Å². The van der Waals surface area contributed by atoms with Gasteiger partial charge < -0.3 is 15.0 Å². The van der Waals surface area contributed by atoms with Gasteiger partial charge in [-0.05, 0) is 74.7 Å². The Labute approximate surface area is 273 Å². The third-order valence-corrected chi connectivity index (χ3v) is 9.58. The fraction of sp³-hybridized carbons (Fsp3) is 0.297. The van der Waals surface area contributed by atoms with Crippen LogP contribution in [0.1, 0.15) is 43.9 Å². The molecule has 8 nitrogen and oxygen atoms in total. The Morgan fingerprint density at radius 2 is 1.39 bits per heavy atom. The van der Waals surface area contributed by atoms with E-state index in [1.165, 1.54) is 17.0 Å². The molecule has 0 spiro atoms. The number of anilines is 1. The van der Waals surface area contributed by atoms with Crippen LogP contribution in [-0.2, 0) is 32.6 Å². The molecule has 2 atom stereocenters. The molecule has 4 aromatic carbocycles. The minimum atomic E-state index is -4.20. The van der Waals surface area contributed by atoms with Crippen molar-refractivity contribution in [2.45, 2.75) is 64.1 Å². The van der Waals surface area contributed by atoms with Gasteiger partial charge in [-0.25, -0.2) is 8.42 Å². The normalized spacial score (nSPS) is 12.5. The SMILES string of the molecule is CCOc1ccc(S(=O)(=O)N(CC(=O)N(Cc2ccccc2)[C@@H](Cc2ccccc2)C(=O)N[C@H](C)CC)c2ccc(C)cc2)cc1. The number of carbonyl (C=O) groups excluding carboxylic acids is 2. The maximum absolute atomic E-state index is 14.5. The van der Waals surface area contributed by atoms with Gasteiger partial charge in [0.1, 0.15) is 18.3 Å². The Balaban J connectivity index is 1.78. The molecular weight excluding hydrogens is 598 g/mol. The molecule has 4 rings (SSSR count). The molecule has 0 fully saturated rings. The van der Waals surface area contributed by atoms with Gasteiger partial charge in [0, 0.05) is 19.0 Å². The summed E-state index contributed by atoms with van der Waals surface area (Å²) in [5.41, 5.74) is 3.00. The highest BCUT2D eigenvalue weighted by molar-refractivity contribution is 7.92. The maximum atomic E-state index is 14.5. The first-order valence-electron chi connectivity index (χ1n) is 15.6. The van der Waals surface area contributed by atoms with Crippen LogP contribution in [0.15, 0.2) is 114 Å². The molecule has 242 valence electrons. The van der Waals surface area contributed by atoms with Crippen LogP contribution in [0.25, 0.3) is 0 Å². The number of hydrogen-bond donors (Lipinski definition) is 1. The Morgan fingerprint density at radius 1 is 0.804 bits per heavy atom. The van der Waals surface area contributed by atoms with Gasteiger partial charge in [0.15, 0.2) is 0 Å². The van der Waals surface area contributed by atoms with E-state index in [0.29, 0.717) is 18.0 Å². The van der Waals surface area contributed by atoms with Crippen molar-refractivity contribution >= 4 is 27.5 Å². The summed E-state index contributed by atoms with van der Waals surface area (Å²) in [5, 5.41) is 3.06. The molecular formula is C37H43N3O5S. The highest BCUT2D eigenvalue weighted by Crippen LogP contribution is 2.27. The molecule has 46 heavy (non-hydrogen) atoms. The number of ether oxygens (including phenoxy) is 1. The molecule has 0 bridgehead atoms. The van der Waals surface area contributed by atoms with E-state index in [9.17, 15) is 18.0 Å². The third-order valence-electron chi connectivity index (χ3n) is 7.79. The zero-order valence-corrected chi connectivity index (χ0v) is 27.7. The Kier molecular flexibility index (Phi) is 12.0. The van der Waals surface area contributed by atoms with Crippen LogP contribution < -0.4 is 14.4 Å². The summed E-state index contributed by atoms with van der Waals surface area (Å²) in [4.78, 5) is 30.0. The average molecular weight is 642 g/mol. The zero-order valence-electron chi connectivity index (χ0n) is 26.9. The van der Waals surface area contributed by atoms with Crippen molar-refractivity contribution < 1.29 is 22.7 Å². The lowest BCUT2D eigenvalue weighted by Gasteiger charge is -2.34. The lowest BCUT2D eigenvalue weighted by molar-refractivity contribution is -0.140. The van der Waals surface area contributed by atoms with E-state index >= 15 is 0 Å². The van der Waals surface area contributed by atoms with Gasteiger partial charge in [-0.1, -0.05) is 85.3 Å². The van der Waals surface area contributed by atoms with Crippen LogP contribution in [-0.4, -0.2) is 50.4 Å². The largest absolute Gasteiger partial charge is 0.494 e. The van der Waals surface area contributed by atoms with Crippen molar-refractivity contribution in [3.05, 3.63) is 126 Å². The third kappa shape index (κ3) is 8.97. The summed E-state index contributed by atoms with van der Waals surface area (Å²) in [6, 6.07) is 31.1. The molecule has 4 aromatic rings. The van der Waals surface area contributed by atoms with E-state index in [1.807, 2.05) is 88.4 Å². The minimum absolute atomic E-state index is 0.0225. The van der Waals surface area contributed by atoms with Crippen molar-refractivity contribution in [1.82, 2.24) is 10.2 Å². The van der Waals surface area contributed by atoms with Crippen LogP contribution in [0, 0.1) is 6.92 Å². The molecule has 0 aromatic heterocycles. The number of nitrogens with one attached hydrogen (secondary N) is 1. The first kappa shape index (κ1) is 34.2. The van der Waals surface area contributed by atoms with Gasteiger partial charge in [-0.15, -0.1) is 0 Å². The molecule has 0 radical (unpaired) electrons. The number of aryl methyl sites for hydroxylation is 1. The number of nitrogens with zero attached hydrogens (tertiary/aromatic N) is 2. The Morgan fingerprint density at radius 3 is 1.96 bits per heavy atom. The summed E-state index contributed by atoms with van der Waals surface area (Å²) in [6.07, 6.45) is 0.982. The van der Waals surface area contributed by atoms with Crippen molar-refractivity contribution in [3.63, 3.8) is 0 Å². The molecule has 0 aliphatic carbocycles. The van der Waals surface area contributed by atoms with Crippen LogP contribution in [0.4, 0.5) is 5.69 Å². The highest BCUT2D eigenvalue weighted by Gasteiger charge is 2.35. The Hall–Kier alpha value is -4.63. The van der Waals surface area contributed by atoms with Crippen molar-refractivity contribution in [3.8, 4) is 5.75 Å². The lowest BCUT2D eigenvalue weighted by Crippen LogP contribution is -2.54. The van der Waals surface area contributed by atoms with Crippen molar-refractivity contribution in [1.29, 1.82) is 0 Å². The molecule has 0 heterocycles. The van der Waals surface area contributed by atoms with Gasteiger partial charge in [0.25, 0.3) is 10.0 Å². The van der Waals surface area contributed by atoms with Gasteiger partial charge in [0.2, 0.25) is 11.8 Å². The first-order chi connectivity index (χ1) is 22.1. The summed E-state index contributed by atoms with van der Waals surface area (Å²) < 4.78 is 35.1. The second-order valence-electron chi connectivity index (χ2n) is 11.3. The fourth-order valence-electron chi connectivity index (χ4n) is 5.02.